The van der Waals surface area contributed by atoms with Crippen LogP contribution in [0.15, 0.2) is 65.1 Å². The van der Waals surface area contributed by atoms with E-state index in [1.54, 1.807) is 30.3 Å². The Morgan fingerprint density at radius 3 is 2.05 bits per heavy atom. The standard InChI is InChI=1S/C32H35BrN2O6/c1-5-18-11-7-9-13-22(18)34-30(38)27-24(36)17-32(3,40)28(31(39)35-23-14-10-8-12-19(23)6-2)26(27)20-15-21(33)29(37)25(16-20)41-4/h7-16,26-28,37,40H,5-6,17H2,1-4H3,(H,34,38)(H,35,39). The smallest absolute Gasteiger partial charge is 0.235 e. The molecule has 1 fully saturated rings. The summed E-state index contributed by atoms with van der Waals surface area (Å²) in [6, 6.07) is 17.7. The molecule has 4 atom stereocenters. The van der Waals surface area contributed by atoms with E-state index in [0.29, 0.717) is 29.8 Å². The molecule has 0 bridgehead atoms. The number of aryl methyl sites for hydroxylation is 2. The molecular weight excluding hydrogens is 588 g/mol. The Bertz CT molecular complexity index is 1470. The Labute approximate surface area is 248 Å². The summed E-state index contributed by atoms with van der Waals surface area (Å²) in [5, 5.41) is 28.0. The third kappa shape index (κ3) is 6.16. The van der Waals surface area contributed by atoms with Crippen molar-refractivity contribution in [1.82, 2.24) is 0 Å². The Morgan fingerprint density at radius 1 is 0.976 bits per heavy atom. The minimum atomic E-state index is -1.78. The highest BCUT2D eigenvalue weighted by atomic mass is 79.9. The lowest BCUT2D eigenvalue weighted by molar-refractivity contribution is -0.150. The first-order chi connectivity index (χ1) is 19.5. The number of carbonyl (C=O) groups is 3. The third-order valence-corrected chi connectivity index (χ3v) is 8.40. The molecule has 216 valence electrons. The first-order valence-corrected chi connectivity index (χ1v) is 14.4. The van der Waals surface area contributed by atoms with Crippen molar-refractivity contribution in [3.63, 3.8) is 0 Å². The fraction of sp³-hybridized carbons (Fsp3) is 0.344. The summed E-state index contributed by atoms with van der Waals surface area (Å²) in [4.78, 5) is 41.7. The molecule has 0 radical (unpaired) electrons. The molecule has 8 nitrogen and oxygen atoms in total. The molecule has 41 heavy (non-hydrogen) atoms. The fourth-order valence-electron chi connectivity index (χ4n) is 5.76. The van der Waals surface area contributed by atoms with Crippen LogP contribution in [0.1, 0.15) is 49.8 Å². The van der Waals surface area contributed by atoms with E-state index < -0.39 is 41.0 Å². The van der Waals surface area contributed by atoms with Crippen molar-refractivity contribution in [3.8, 4) is 11.5 Å². The number of ether oxygens (including phenoxy) is 1. The highest BCUT2D eigenvalue weighted by Gasteiger charge is 2.56. The van der Waals surface area contributed by atoms with Gasteiger partial charge in [0.1, 0.15) is 11.7 Å². The van der Waals surface area contributed by atoms with Crippen molar-refractivity contribution in [1.29, 1.82) is 0 Å². The van der Waals surface area contributed by atoms with E-state index in [1.165, 1.54) is 20.1 Å². The quantitative estimate of drug-likeness (QED) is 0.242. The Balaban J connectivity index is 1.86. The Kier molecular flexibility index (Phi) is 9.19. The van der Waals surface area contributed by atoms with Gasteiger partial charge in [-0.3, -0.25) is 14.4 Å². The number of hydrogen-bond acceptors (Lipinski definition) is 6. The van der Waals surface area contributed by atoms with Gasteiger partial charge in [-0.25, -0.2) is 0 Å². The lowest BCUT2D eigenvalue weighted by Crippen LogP contribution is -2.56. The summed E-state index contributed by atoms with van der Waals surface area (Å²) in [7, 11) is 1.38. The van der Waals surface area contributed by atoms with Gasteiger partial charge in [0.2, 0.25) is 11.8 Å². The maximum atomic E-state index is 14.1. The molecule has 4 unspecified atom stereocenters. The largest absolute Gasteiger partial charge is 0.503 e. The number of phenolic OH excluding ortho intramolecular Hbond substituents is 1. The molecule has 1 saturated carbocycles. The van der Waals surface area contributed by atoms with Gasteiger partial charge in [-0.05, 0) is 76.7 Å². The molecule has 1 aliphatic carbocycles. The summed E-state index contributed by atoms with van der Waals surface area (Å²) >= 11 is 3.33. The monoisotopic (exact) mass is 622 g/mol. The van der Waals surface area contributed by atoms with E-state index in [9.17, 15) is 24.6 Å². The summed E-state index contributed by atoms with van der Waals surface area (Å²) in [6.07, 6.45) is 0.946. The molecule has 0 saturated heterocycles. The zero-order valence-corrected chi connectivity index (χ0v) is 25.1. The number of aliphatic hydroxyl groups is 1. The van der Waals surface area contributed by atoms with Crippen molar-refractivity contribution >= 4 is 44.9 Å². The van der Waals surface area contributed by atoms with Crippen LogP contribution in [0.25, 0.3) is 0 Å². The number of ketones is 1. The van der Waals surface area contributed by atoms with Gasteiger partial charge in [0.05, 0.1) is 23.1 Å². The zero-order chi connectivity index (χ0) is 29.9. The highest BCUT2D eigenvalue weighted by Crippen LogP contribution is 2.49. The maximum Gasteiger partial charge on any atom is 0.235 e. The number of para-hydroxylation sites is 2. The Hall–Kier alpha value is -3.69. The number of methoxy groups -OCH3 is 1. The number of benzene rings is 3. The van der Waals surface area contributed by atoms with Gasteiger partial charge in [-0.1, -0.05) is 50.2 Å². The highest BCUT2D eigenvalue weighted by molar-refractivity contribution is 9.10. The summed E-state index contributed by atoms with van der Waals surface area (Å²) in [5.74, 6) is -5.26. The van der Waals surface area contributed by atoms with Crippen LogP contribution in [0.2, 0.25) is 0 Å². The van der Waals surface area contributed by atoms with Crippen LogP contribution in [0.3, 0.4) is 0 Å². The average molecular weight is 624 g/mol. The van der Waals surface area contributed by atoms with Crippen LogP contribution in [0.4, 0.5) is 11.4 Å². The van der Waals surface area contributed by atoms with Crippen LogP contribution < -0.4 is 15.4 Å². The van der Waals surface area contributed by atoms with E-state index in [1.807, 2.05) is 38.1 Å². The number of amides is 2. The lowest BCUT2D eigenvalue weighted by Gasteiger charge is -2.44. The Morgan fingerprint density at radius 2 is 1.51 bits per heavy atom. The van der Waals surface area contributed by atoms with Crippen LogP contribution in [0, 0.1) is 11.8 Å². The predicted octanol–water partition coefficient (Wildman–Crippen LogP) is 5.61. The number of anilines is 2. The van der Waals surface area contributed by atoms with Crippen LogP contribution in [-0.4, -0.2) is 40.5 Å². The molecule has 4 rings (SSSR count). The van der Waals surface area contributed by atoms with Crippen LogP contribution in [-0.2, 0) is 27.2 Å². The molecule has 1 aliphatic rings. The van der Waals surface area contributed by atoms with Gasteiger partial charge in [-0.15, -0.1) is 0 Å². The van der Waals surface area contributed by atoms with Gasteiger partial charge in [0, 0.05) is 23.7 Å². The van der Waals surface area contributed by atoms with Crippen molar-refractivity contribution < 1.29 is 29.3 Å². The van der Waals surface area contributed by atoms with Crippen molar-refractivity contribution in [3.05, 3.63) is 81.8 Å². The predicted molar refractivity (Wildman–Crippen MR) is 161 cm³/mol. The van der Waals surface area contributed by atoms with Gasteiger partial charge in [0.15, 0.2) is 11.5 Å². The maximum absolute atomic E-state index is 14.1. The summed E-state index contributed by atoms with van der Waals surface area (Å²) < 4.78 is 5.61. The molecule has 0 heterocycles. The number of phenols is 1. The molecule has 0 aliphatic heterocycles. The first kappa shape index (κ1) is 30.3. The first-order valence-electron chi connectivity index (χ1n) is 13.6. The molecule has 3 aromatic rings. The average Bonchev–Trinajstić information content (AvgIpc) is 2.93. The van der Waals surface area contributed by atoms with Gasteiger partial charge in [-0.2, -0.15) is 0 Å². The molecule has 3 aromatic carbocycles. The van der Waals surface area contributed by atoms with E-state index in [2.05, 4.69) is 26.6 Å². The molecule has 2 amide bonds. The number of nitrogens with one attached hydrogen (secondary N) is 2. The SMILES string of the molecule is CCc1ccccc1NC(=O)C1C(=O)CC(C)(O)C(C(=O)Nc2ccccc2CC)C1c1cc(Br)c(O)c(OC)c1. The third-order valence-electron chi connectivity index (χ3n) is 7.80. The van der Waals surface area contributed by atoms with Crippen LogP contribution >= 0.6 is 15.9 Å². The second-order valence-electron chi connectivity index (χ2n) is 10.5. The number of carbonyl (C=O) groups excluding carboxylic acids is 3. The number of rotatable bonds is 8. The molecular formula is C32H35BrN2O6. The minimum absolute atomic E-state index is 0.0954. The van der Waals surface area contributed by atoms with Gasteiger partial charge in [0.25, 0.3) is 0 Å². The second kappa shape index (κ2) is 12.4. The second-order valence-corrected chi connectivity index (χ2v) is 11.4. The number of Topliss-reactive ketones (excluding diaryl/α,β-unsaturated/α-hetero) is 1. The van der Waals surface area contributed by atoms with Crippen LogP contribution in [0.5, 0.6) is 11.5 Å². The molecule has 9 heteroatoms. The summed E-state index contributed by atoms with van der Waals surface area (Å²) in [5.41, 5.74) is 1.58. The number of halogens is 1. The molecule has 0 aromatic heterocycles. The number of hydrogen-bond donors (Lipinski definition) is 4. The normalized spacial score (nSPS) is 22.2. The fourth-order valence-corrected chi connectivity index (χ4v) is 6.22. The van der Waals surface area contributed by atoms with E-state index in [4.69, 9.17) is 4.74 Å². The van der Waals surface area contributed by atoms with Crippen molar-refractivity contribution in [2.75, 3.05) is 17.7 Å². The van der Waals surface area contributed by atoms with E-state index in [-0.39, 0.29) is 22.4 Å². The topological polar surface area (TPSA) is 125 Å². The lowest BCUT2D eigenvalue weighted by atomic mass is 9.61. The van der Waals surface area contributed by atoms with E-state index >= 15 is 0 Å². The van der Waals surface area contributed by atoms with Crippen molar-refractivity contribution in [2.45, 2.75) is 51.6 Å². The molecule has 0 spiro atoms. The number of aromatic hydroxyl groups is 1. The van der Waals surface area contributed by atoms with Gasteiger partial charge >= 0.3 is 0 Å². The minimum Gasteiger partial charge on any atom is -0.503 e. The molecule has 4 N–H and O–H groups in total. The summed E-state index contributed by atoms with van der Waals surface area (Å²) in [6.45, 7) is 5.38. The zero-order valence-electron chi connectivity index (χ0n) is 23.5. The van der Waals surface area contributed by atoms with E-state index in [0.717, 1.165) is 11.1 Å². The van der Waals surface area contributed by atoms with Crippen molar-refractivity contribution in [2.24, 2.45) is 11.8 Å². The van der Waals surface area contributed by atoms with Gasteiger partial charge < -0.3 is 25.6 Å².